The maximum absolute atomic E-state index is 12.3. The van der Waals surface area contributed by atoms with Gasteiger partial charge in [-0.2, -0.15) is 0 Å². The fourth-order valence-corrected chi connectivity index (χ4v) is 3.74. The molecule has 3 fully saturated rings. The quantitative estimate of drug-likeness (QED) is 0.812. The normalized spacial score (nSPS) is 38.6. The van der Waals surface area contributed by atoms with Crippen molar-refractivity contribution >= 4 is 5.91 Å². The van der Waals surface area contributed by atoms with Gasteiger partial charge >= 0.3 is 0 Å². The minimum absolute atomic E-state index is 0.381. The molecule has 2 aliphatic heterocycles. The summed E-state index contributed by atoms with van der Waals surface area (Å²) < 4.78 is 5.55. The number of hydrogen-bond donors (Lipinski definition) is 1. The lowest BCUT2D eigenvalue weighted by Gasteiger charge is -2.36. The number of nitrogens with one attached hydrogen (secondary N) is 1. The third kappa shape index (κ3) is 2.28. The Labute approximate surface area is 109 Å². The molecule has 102 valence electrons. The van der Waals surface area contributed by atoms with Gasteiger partial charge in [-0.05, 0) is 38.0 Å². The highest BCUT2D eigenvalue weighted by atomic mass is 16.5. The smallest absolute Gasteiger partial charge is 0.223 e. The lowest BCUT2D eigenvalue weighted by atomic mass is 9.79. The zero-order valence-corrected chi connectivity index (χ0v) is 11.2. The molecule has 4 nitrogen and oxygen atoms in total. The number of carbonyl (C=O) groups is 1. The Morgan fingerprint density at radius 1 is 1.39 bits per heavy atom. The molecule has 4 heteroatoms. The average molecular weight is 252 g/mol. The lowest BCUT2D eigenvalue weighted by Crippen LogP contribution is -2.42. The predicted octanol–water partition coefficient (Wildman–Crippen LogP) is 1.01. The highest BCUT2D eigenvalue weighted by Gasteiger charge is 2.41. The maximum atomic E-state index is 12.3. The SMILES string of the molecule is CCOC1CC(CC(=O)N2CC[C@H]3CNC[C@H]32)C1. The molecular weight excluding hydrogens is 228 g/mol. The highest BCUT2D eigenvalue weighted by Crippen LogP contribution is 2.35. The number of rotatable bonds is 4. The van der Waals surface area contributed by atoms with Crippen molar-refractivity contribution in [3.05, 3.63) is 0 Å². The first-order valence-electron chi connectivity index (χ1n) is 7.39. The van der Waals surface area contributed by atoms with Gasteiger partial charge in [-0.3, -0.25) is 4.79 Å². The van der Waals surface area contributed by atoms with Gasteiger partial charge in [0.2, 0.25) is 5.91 Å². The summed E-state index contributed by atoms with van der Waals surface area (Å²) in [5.74, 6) is 1.67. The first-order valence-corrected chi connectivity index (χ1v) is 7.39. The molecule has 2 heterocycles. The van der Waals surface area contributed by atoms with Crippen LogP contribution in [0.15, 0.2) is 0 Å². The van der Waals surface area contributed by atoms with Crippen LogP contribution in [0.3, 0.4) is 0 Å². The van der Waals surface area contributed by atoms with Crippen LogP contribution in [-0.2, 0) is 9.53 Å². The summed E-state index contributed by atoms with van der Waals surface area (Å²) in [4.78, 5) is 14.5. The van der Waals surface area contributed by atoms with Gasteiger partial charge < -0.3 is 15.0 Å². The molecule has 3 aliphatic rings. The zero-order valence-electron chi connectivity index (χ0n) is 11.2. The van der Waals surface area contributed by atoms with E-state index in [2.05, 4.69) is 10.2 Å². The van der Waals surface area contributed by atoms with E-state index in [1.807, 2.05) is 6.92 Å². The van der Waals surface area contributed by atoms with E-state index in [0.717, 1.165) is 45.5 Å². The van der Waals surface area contributed by atoms with Gasteiger partial charge in [0, 0.05) is 38.7 Å². The third-order valence-electron chi connectivity index (χ3n) is 4.82. The molecule has 0 aromatic heterocycles. The first kappa shape index (κ1) is 12.4. The van der Waals surface area contributed by atoms with Crippen molar-refractivity contribution < 1.29 is 9.53 Å². The molecular formula is C14H24N2O2. The lowest BCUT2D eigenvalue weighted by molar-refractivity contribution is -0.135. The van der Waals surface area contributed by atoms with Gasteiger partial charge in [0.05, 0.1) is 6.10 Å². The summed E-state index contributed by atoms with van der Waals surface area (Å²) in [5, 5.41) is 3.40. The monoisotopic (exact) mass is 252 g/mol. The summed E-state index contributed by atoms with van der Waals surface area (Å²) in [7, 11) is 0. The Morgan fingerprint density at radius 2 is 2.22 bits per heavy atom. The first-order chi connectivity index (χ1) is 8.78. The topological polar surface area (TPSA) is 41.6 Å². The molecule has 1 saturated carbocycles. The second kappa shape index (κ2) is 5.17. The molecule has 0 bridgehead atoms. The van der Waals surface area contributed by atoms with Crippen molar-refractivity contribution in [3.63, 3.8) is 0 Å². The number of nitrogens with zero attached hydrogens (tertiary/aromatic N) is 1. The summed E-state index contributed by atoms with van der Waals surface area (Å²) >= 11 is 0. The molecule has 18 heavy (non-hydrogen) atoms. The Kier molecular flexibility index (Phi) is 3.57. The van der Waals surface area contributed by atoms with Gasteiger partial charge in [-0.1, -0.05) is 0 Å². The average Bonchev–Trinajstić information content (AvgIpc) is 2.87. The molecule has 0 aromatic carbocycles. The van der Waals surface area contributed by atoms with Gasteiger partial charge in [0.25, 0.3) is 0 Å². The Morgan fingerprint density at radius 3 is 3.00 bits per heavy atom. The molecule has 0 unspecified atom stereocenters. The molecule has 3 rings (SSSR count). The van der Waals surface area contributed by atoms with Crippen LogP contribution < -0.4 is 5.32 Å². The van der Waals surface area contributed by atoms with Crippen LogP contribution in [-0.4, -0.2) is 49.2 Å². The van der Waals surface area contributed by atoms with Gasteiger partial charge in [-0.15, -0.1) is 0 Å². The number of fused-ring (bicyclic) bond motifs is 1. The van der Waals surface area contributed by atoms with E-state index in [4.69, 9.17) is 4.74 Å². The predicted molar refractivity (Wildman–Crippen MR) is 69.2 cm³/mol. The molecule has 1 amide bonds. The van der Waals surface area contributed by atoms with Gasteiger partial charge in [0.1, 0.15) is 0 Å². The van der Waals surface area contributed by atoms with Crippen molar-refractivity contribution in [3.8, 4) is 0 Å². The second-order valence-electron chi connectivity index (χ2n) is 5.98. The minimum atomic E-state index is 0.381. The summed E-state index contributed by atoms with van der Waals surface area (Å²) in [5.41, 5.74) is 0. The van der Waals surface area contributed by atoms with E-state index >= 15 is 0 Å². The van der Waals surface area contributed by atoms with Crippen LogP contribution in [0.5, 0.6) is 0 Å². The van der Waals surface area contributed by atoms with Crippen molar-refractivity contribution in [1.82, 2.24) is 10.2 Å². The van der Waals surface area contributed by atoms with Crippen molar-refractivity contribution in [1.29, 1.82) is 0 Å². The van der Waals surface area contributed by atoms with E-state index in [0.29, 0.717) is 29.9 Å². The number of hydrogen-bond acceptors (Lipinski definition) is 3. The molecule has 0 radical (unpaired) electrons. The summed E-state index contributed by atoms with van der Waals surface area (Å²) in [6.07, 6.45) is 4.52. The minimum Gasteiger partial charge on any atom is -0.378 e. The van der Waals surface area contributed by atoms with Crippen LogP contribution in [0.25, 0.3) is 0 Å². The summed E-state index contributed by atoms with van der Waals surface area (Å²) in [6, 6.07) is 0.486. The molecule has 1 aliphatic carbocycles. The van der Waals surface area contributed by atoms with Gasteiger partial charge in [-0.25, -0.2) is 0 Å². The number of likely N-dealkylation sites (tertiary alicyclic amines) is 1. The van der Waals surface area contributed by atoms with Crippen molar-refractivity contribution in [2.75, 3.05) is 26.2 Å². The highest BCUT2D eigenvalue weighted by molar-refractivity contribution is 5.77. The molecule has 1 N–H and O–H groups in total. The van der Waals surface area contributed by atoms with E-state index < -0.39 is 0 Å². The Hall–Kier alpha value is -0.610. The number of carbonyl (C=O) groups excluding carboxylic acids is 1. The largest absolute Gasteiger partial charge is 0.378 e. The van der Waals surface area contributed by atoms with Gasteiger partial charge in [0.15, 0.2) is 0 Å². The molecule has 2 atom stereocenters. The van der Waals surface area contributed by atoms with Crippen molar-refractivity contribution in [2.45, 2.75) is 44.8 Å². The van der Waals surface area contributed by atoms with E-state index in [1.165, 1.54) is 6.42 Å². The second-order valence-corrected chi connectivity index (χ2v) is 5.98. The standard InChI is InChI=1S/C14H24N2O2/c1-2-18-12-5-10(6-12)7-14(17)16-4-3-11-8-15-9-13(11)16/h10-13,15H,2-9H2,1H3/t10?,11-,12?,13+/m0/s1. The fraction of sp³-hybridized carbons (Fsp3) is 0.929. The fourth-order valence-electron chi connectivity index (χ4n) is 3.74. The van der Waals surface area contributed by atoms with Crippen molar-refractivity contribution in [2.24, 2.45) is 11.8 Å². The number of ether oxygens (including phenoxy) is 1. The zero-order chi connectivity index (χ0) is 12.5. The third-order valence-corrected chi connectivity index (χ3v) is 4.82. The van der Waals surface area contributed by atoms with E-state index in [-0.39, 0.29) is 0 Å². The maximum Gasteiger partial charge on any atom is 0.223 e. The molecule has 2 saturated heterocycles. The van der Waals surface area contributed by atoms with Crippen LogP contribution in [0, 0.1) is 11.8 Å². The van der Waals surface area contributed by atoms with Crippen LogP contribution in [0.4, 0.5) is 0 Å². The van der Waals surface area contributed by atoms with Crippen LogP contribution in [0.2, 0.25) is 0 Å². The molecule has 0 aromatic rings. The summed E-state index contributed by atoms with van der Waals surface area (Å²) in [6.45, 7) is 5.92. The van der Waals surface area contributed by atoms with E-state index in [1.54, 1.807) is 0 Å². The Balaban J connectivity index is 1.45. The number of amides is 1. The van der Waals surface area contributed by atoms with Crippen LogP contribution >= 0.6 is 0 Å². The van der Waals surface area contributed by atoms with Crippen LogP contribution in [0.1, 0.15) is 32.6 Å². The Bertz CT molecular complexity index is 315. The molecule has 0 spiro atoms. The van der Waals surface area contributed by atoms with E-state index in [9.17, 15) is 4.79 Å².